The Morgan fingerprint density at radius 3 is 1.41 bits per heavy atom. The predicted octanol–water partition coefficient (Wildman–Crippen LogP) is 13.8. The van der Waals surface area contributed by atoms with Gasteiger partial charge >= 0.3 is 0 Å². The van der Waals surface area contributed by atoms with Crippen LogP contribution in [0.1, 0.15) is 146 Å². The van der Waals surface area contributed by atoms with Gasteiger partial charge in [-0.15, -0.1) is 0 Å². The van der Waals surface area contributed by atoms with Crippen LogP contribution in [-0.4, -0.2) is 70.5 Å². The number of nitrogens with two attached hydrogens (primary N) is 1. The van der Waals surface area contributed by atoms with Crippen molar-refractivity contribution in [1.29, 1.82) is 0 Å². The molecule has 5 N–H and O–H groups in total. The van der Waals surface area contributed by atoms with E-state index in [1.165, 1.54) is 38.5 Å². The average Bonchev–Trinajstić information content (AvgIpc) is 4.18. The number of aromatic nitrogens is 2. The number of nitrogens with zero attached hydrogens (tertiary/aromatic N) is 2. The van der Waals surface area contributed by atoms with E-state index in [1.54, 1.807) is 92.7 Å². The maximum atomic E-state index is 14.0. The standard InChI is InChI=1S/C37H38ClFN2O5.C29H32ClFN2O4/c1-36(2,40-22-32(43)23-8-6-5-7-9-23)26-20-30(24-10-14-29(39)28(38)18-24)41-35(21-26)37(3,44)17-16-31(42)25-11-15-33(34(19-25)45-4)46-27-12-13-27;1-28(2,32)19-15-23(17-5-9-22(31)21(30)13-17)33-27(16-19)29(3,35)12-11-24(34)18-6-10-25(26(14-18)36-4)37-20-7-8-20/h5-11,14-15,18-21,27,40,44H,12-13,16-17,22H2,1-4H3;5-6,9-10,13-16,20,35H,7-8,11-12,32H2,1-4H3. The van der Waals surface area contributed by atoms with Gasteiger partial charge in [0.05, 0.1) is 65.8 Å². The van der Waals surface area contributed by atoms with Crippen molar-refractivity contribution >= 4 is 40.6 Å². The number of carbonyl (C=O) groups excluding carboxylic acids is 3. The first kappa shape index (κ1) is 61.9. The number of aliphatic hydroxyl groups is 2. The molecule has 436 valence electrons. The summed E-state index contributed by atoms with van der Waals surface area (Å²) in [7, 11) is 3.07. The van der Waals surface area contributed by atoms with E-state index in [0.29, 0.717) is 73.6 Å². The molecule has 2 aliphatic carbocycles. The monoisotopic (exact) mass is 1170 g/mol. The smallest absolute Gasteiger partial charge is 0.176 e. The molecule has 9 rings (SSSR count). The van der Waals surface area contributed by atoms with Crippen LogP contribution in [0.3, 0.4) is 0 Å². The molecule has 0 bridgehead atoms. The molecule has 2 fully saturated rings. The van der Waals surface area contributed by atoms with Crippen LogP contribution in [0, 0.1) is 11.6 Å². The van der Waals surface area contributed by atoms with E-state index in [2.05, 4.69) is 10.3 Å². The van der Waals surface area contributed by atoms with Gasteiger partial charge in [-0.2, -0.15) is 0 Å². The number of carbonyl (C=O) groups is 3. The van der Waals surface area contributed by atoms with Gasteiger partial charge in [0.2, 0.25) is 0 Å². The van der Waals surface area contributed by atoms with E-state index < -0.39 is 33.9 Å². The SMILES string of the molecule is COc1cc(C(=O)CCC(C)(O)c2cc(C(C)(C)N)cc(-c3ccc(F)c(Cl)c3)n2)ccc1OC1CC1.COc1cc(C(=O)CCC(C)(O)c2cc(C(C)(C)NCC(=O)c3ccccc3)cc(-c3ccc(F)c(Cl)c3)n2)ccc1OC1CC1. The van der Waals surface area contributed by atoms with Crippen LogP contribution in [0.4, 0.5) is 8.78 Å². The summed E-state index contributed by atoms with van der Waals surface area (Å²) in [6.45, 7) is 10.8. The first-order valence-electron chi connectivity index (χ1n) is 27.5. The normalized spacial score (nSPS) is 14.8. The van der Waals surface area contributed by atoms with Crippen LogP contribution < -0.4 is 30.0 Å². The number of halogens is 4. The van der Waals surface area contributed by atoms with Gasteiger partial charge in [-0.1, -0.05) is 53.5 Å². The first-order chi connectivity index (χ1) is 39.2. The molecule has 0 spiro atoms. The van der Waals surface area contributed by atoms with Crippen LogP contribution in [0.15, 0.2) is 127 Å². The highest BCUT2D eigenvalue weighted by molar-refractivity contribution is 6.31. The fraction of sp³-hybridized carbons (Fsp3) is 0.348. The molecule has 2 saturated carbocycles. The Kier molecular flexibility index (Phi) is 19.3. The highest BCUT2D eigenvalue weighted by Gasteiger charge is 2.33. The molecule has 0 amide bonds. The van der Waals surface area contributed by atoms with Crippen molar-refractivity contribution in [3.8, 4) is 45.5 Å². The highest BCUT2D eigenvalue weighted by Crippen LogP contribution is 2.39. The second-order valence-corrected chi connectivity index (χ2v) is 23.6. The third-order valence-corrected chi connectivity index (χ3v) is 15.3. The number of methoxy groups -OCH3 is 2. The lowest BCUT2D eigenvalue weighted by atomic mass is 9.87. The molecule has 83 heavy (non-hydrogen) atoms. The molecule has 2 atom stereocenters. The van der Waals surface area contributed by atoms with Crippen molar-refractivity contribution in [2.45, 2.75) is 127 Å². The van der Waals surface area contributed by atoms with Crippen LogP contribution in [0.2, 0.25) is 10.0 Å². The molecular weight excluding hydrogens is 1100 g/mol. The molecule has 2 aliphatic rings. The summed E-state index contributed by atoms with van der Waals surface area (Å²) >= 11 is 12.1. The van der Waals surface area contributed by atoms with Gasteiger partial charge in [0.1, 0.15) is 22.8 Å². The molecule has 2 unspecified atom stereocenters. The Hall–Kier alpha value is -7.11. The lowest BCUT2D eigenvalue weighted by Crippen LogP contribution is -2.40. The van der Waals surface area contributed by atoms with Gasteiger partial charge in [0, 0.05) is 51.7 Å². The molecule has 0 aliphatic heterocycles. The van der Waals surface area contributed by atoms with E-state index >= 15 is 0 Å². The molecule has 13 nitrogen and oxygen atoms in total. The number of Topliss-reactive ketones (excluding diaryl/α,β-unsaturated/α-hetero) is 3. The summed E-state index contributed by atoms with van der Waals surface area (Å²) in [5.41, 5.74) is 7.71. The van der Waals surface area contributed by atoms with Crippen LogP contribution in [0.25, 0.3) is 22.5 Å². The Labute approximate surface area is 493 Å². The van der Waals surface area contributed by atoms with Crippen molar-refractivity contribution in [3.63, 3.8) is 0 Å². The summed E-state index contributed by atoms with van der Waals surface area (Å²) in [5.74, 6) is 0.748. The number of pyridine rings is 2. The summed E-state index contributed by atoms with van der Waals surface area (Å²) in [5, 5.41) is 26.4. The number of hydrogen-bond donors (Lipinski definition) is 4. The molecule has 0 saturated heterocycles. The minimum Gasteiger partial charge on any atom is -0.493 e. The van der Waals surface area contributed by atoms with Gasteiger partial charge in [-0.25, -0.2) is 18.7 Å². The molecule has 17 heteroatoms. The number of ketones is 3. The van der Waals surface area contributed by atoms with Crippen LogP contribution in [0.5, 0.6) is 23.0 Å². The number of ether oxygens (including phenoxy) is 4. The second kappa shape index (κ2) is 25.8. The Bertz CT molecular complexity index is 3510. The maximum absolute atomic E-state index is 14.0. The predicted molar refractivity (Wildman–Crippen MR) is 318 cm³/mol. The summed E-state index contributed by atoms with van der Waals surface area (Å²) in [6.07, 6.45) is 4.76. The third kappa shape index (κ3) is 16.2. The van der Waals surface area contributed by atoms with Crippen molar-refractivity contribution in [1.82, 2.24) is 15.3 Å². The molecule has 2 aromatic heterocycles. The van der Waals surface area contributed by atoms with E-state index in [-0.39, 0.29) is 71.8 Å². The minimum absolute atomic E-state index is 0.0282. The van der Waals surface area contributed by atoms with Crippen molar-refractivity contribution in [3.05, 3.63) is 188 Å². The van der Waals surface area contributed by atoms with Gasteiger partial charge in [-0.05, 0) is 188 Å². The molecule has 0 radical (unpaired) electrons. The summed E-state index contributed by atoms with van der Waals surface area (Å²) < 4.78 is 50.3. The molecule has 2 heterocycles. The van der Waals surface area contributed by atoms with Gasteiger partial charge < -0.3 is 40.2 Å². The molecule has 5 aromatic carbocycles. The molecular formula is C66H70Cl2F2N4O9. The fourth-order valence-corrected chi connectivity index (χ4v) is 9.31. The lowest BCUT2D eigenvalue weighted by Gasteiger charge is -2.30. The van der Waals surface area contributed by atoms with E-state index in [1.807, 2.05) is 52.0 Å². The number of hydrogen-bond acceptors (Lipinski definition) is 13. The Morgan fingerprint density at radius 2 is 1.00 bits per heavy atom. The summed E-state index contributed by atoms with van der Waals surface area (Å²) in [4.78, 5) is 48.6. The Morgan fingerprint density at radius 1 is 0.566 bits per heavy atom. The first-order valence-corrected chi connectivity index (χ1v) is 28.3. The minimum atomic E-state index is -1.51. The highest BCUT2D eigenvalue weighted by atomic mass is 35.5. The van der Waals surface area contributed by atoms with E-state index in [4.69, 9.17) is 52.9 Å². The number of nitrogens with one attached hydrogen (secondary N) is 1. The number of rotatable bonds is 24. The second-order valence-electron chi connectivity index (χ2n) is 22.8. The van der Waals surface area contributed by atoms with Crippen LogP contribution in [-0.2, 0) is 22.3 Å². The topological polar surface area (TPSA) is 192 Å². The van der Waals surface area contributed by atoms with Crippen LogP contribution >= 0.6 is 23.2 Å². The maximum Gasteiger partial charge on any atom is 0.176 e. The van der Waals surface area contributed by atoms with Gasteiger partial charge in [0.25, 0.3) is 0 Å². The summed E-state index contributed by atoms with van der Waals surface area (Å²) in [6, 6.07) is 35.0. The van der Waals surface area contributed by atoms with Gasteiger partial charge in [0.15, 0.2) is 40.3 Å². The van der Waals surface area contributed by atoms with Crippen molar-refractivity contribution in [2.24, 2.45) is 5.73 Å². The molecule has 7 aromatic rings. The van der Waals surface area contributed by atoms with Crippen molar-refractivity contribution in [2.75, 3.05) is 20.8 Å². The Balaban J connectivity index is 0.000000222. The van der Waals surface area contributed by atoms with Crippen molar-refractivity contribution < 1.29 is 52.3 Å². The van der Waals surface area contributed by atoms with E-state index in [0.717, 1.165) is 36.8 Å². The fourth-order valence-electron chi connectivity index (χ4n) is 8.95. The number of benzene rings is 5. The lowest BCUT2D eigenvalue weighted by molar-refractivity contribution is 0.0395. The zero-order valence-electron chi connectivity index (χ0n) is 47.9. The zero-order chi connectivity index (χ0) is 60.0. The van der Waals surface area contributed by atoms with Gasteiger partial charge in [-0.3, -0.25) is 14.4 Å². The largest absolute Gasteiger partial charge is 0.493 e. The quantitative estimate of drug-likeness (QED) is 0.0418. The van der Waals surface area contributed by atoms with E-state index in [9.17, 15) is 33.4 Å². The zero-order valence-corrected chi connectivity index (χ0v) is 49.4. The third-order valence-electron chi connectivity index (χ3n) is 14.7. The average molecular weight is 1170 g/mol.